The highest BCUT2D eigenvalue weighted by Crippen LogP contribution is 2.45. The Morgan fingerprint density at radius 1 is 0.695 bits per heavy atom. The Kier molecular flexibility index (Phi) is 12.6. The van der Waals surface area contributed by atoms with Gasteiger partial charge in [0.1, 0.15) is 5.82 Å². The lowest BCUT2D eigenvalue weighted by Gasteiger charge is -2.37. The average molecular weight is 787 g/mol. The van der Waals surface area contributed by atoms with Crippen LogP contribution in [0.15, 0.2) is 176 Å². The maximum Gasteiger partial charge on any atom is 0.309 e. The molecule has 1 unspecified atom stereocenters. The Hall–Kier alpha value is -6.61. The molecule has 3 N–H and O–H groups in total. The average Bonchev–Trinajstić information content (AvgIpc) is 3.62. The molecule has 0 aliphatic heterocycles. The highest BCUT2D eigenvalue weighted by atomic mass is 19.1. The van der Waals surface area contributed by atoms with E-state index in [1.54, 1.807) is 48.5 Å². The number of benzene rings is 6. The number of aliphatic hydroxyl groups is 2. The lowest BCUT2D eigenvalue weighted by atomic mass is 9.79. The summed E-state index contributed by atoms with van der Waals surface area (Å²) < 4.78 is 22.6. The molecule has 0 spiro atoms. The van der Waals surface area contributed by atoms with E-state index in [1.165, 1.54) is 12.1 Å². The lowest BCUT2D eigenvalue weighted by molar-refractivity contribution is -0.165. The topological polar surface area (TPSA) is 101 Å². The predicted molar refractivity (Wildman–Crippen MR) is 230 cm³/mol. The fraction of sp³-hybridized carbons (Fsp3) is 0.176. The van der Waals surface area contributed by atoms with Gasteiger partial charge in [-0.3, -0.25) is 9.59 Å². The standard InChI is InChI=1S/C51H47FN2O5/c1-35(2)47-46(50(57)53-42-26-16-7-17-27-42)45(36-18-8-3-9-19-36)48(37-28-30-41(52)31-29-37)54(47)33-32-43(55)34-44(56)59-49(38-20-10-4-11-21-38)51(58,39-22-12-5-13-23-39)40-24-14-6-15-25-40/h3-31,35,43,49,55,58H,32-34H2,1-2H3,(H,53,57)/t43-,49?/m1/s1. The number of anilines is 1. The van der Waals surface area contributed by atoms with Crippen LogP contribution in [0.5, 0.6) is 0 Å². The molecule has 0 aliphatic carbocycles. The maximum atomic E-state index is 14.5. The number of hydrogen-bond acceptors (Lipinski definition) is 5. The summed E-state index contributed by atoms with van der Waals surface area (Å²) in [5, 5.41) is 27.4. The molecule has 7 nitrogen and oxygen atoms in total. The van der Waals surface area contributed by atoms with E-state index in [0.29, 0.717) is 44.8 Å². The highest BCUT2D eigenvalue weighted by Gasteiger charge is 2.44. The fourth-order valence-corrected chi connectivity index (χ4v) is 7.84. The molecule has 8 heteroatoms. The van der Waals surface area contributed by atoms with Gasteiger partial charge in [0.25, 0.3) is 5.91 Å². The molecular weight excluding hydrogens is 740 g/mol. The number of rotatable bonds is 15. The quantitative estimate of drug-likeness (QED) is 0.0899. The van der Waals surface area contributed by atoms with E-state index >= 15 is 0 Å². The van der Waals surface area contributed by atoms with Crippen LogP contribution < -0.4 is 5.32 Å². The fourth-order valence-electron chi connectivity index (χ4n) is 7.84. The zero-order valence-corrected chi connectivity index (χ0v) is 33.0. The van der Waals surface area contributed by atoms with Crippen molar-refractivity contribution in [3.05, 3.63) is 210 Å². The molecule has 1 aromatic heterocycles. The number of carbonyl (C=O) groups is 2. The number of esters is 1. The second kappa shape index (κ2) is 18.3. The first-order valence-electron chi connectivity index (χ1n) is 19.8. The second-order valence-corrected chi connectivity index (χ2v) is 14.9. The number of nitrogens with zero attached hydrogens (tertiary/aromatic N) is 1. The van der Waals surface area contributed by atoms with Crippen LogP contribution in [0.3, 0.4) is 0 Å². The van der Waals surface area contributed by atoms with Gasteiger partial charge in [-0.05, 0) is 76.6 Å². The first-order chi connectivity index (χ1) is 28.6. The molecule has 0 saturated heterocycles. The third-order valence-electron chi connectivity index (χ3n) is 10.5. The number of aromatic nitrogens is 1. The molecule has 0 aliphatic rings. The maximum absolute atomic E-state index is 14.5. The monoisotopic (exact) mass is 786 g/mol. The molecule has 1 heterocycles. The van der Waals surface area contributed by atoms with Crippen molar-refractivity contribution >= 4 is 17.6 Å². The molecule has 0 saturated carbocycles. The van der Waals surface area contributed by atoms with Crippen LogP contribution in [0.1, 0.15) is 71.5 Å². The minimum absolute atomic E-state index is 0.114. The number of carbonyl (C=O) groups excluding carboxylic acids is 2. The van der Waals surface area contributed by atoms with Crippen molar-refractivity contribution in [3.63, 3.8) is 0 Å². The molecular formula is C51H47FN2O5. The predicted octanol–water partition coefficient (Wildman–Crippen LogP) is 10.7. The van der Waals surface area contributed by atoms with Crippen LogP contribution in [0, 0.1) is 5.82 Å². The summed E-state index contributed by atoms with van der Waals surface area (Å²) in [5.74, 6) is -1.56. The van der Waals surface area contributed by atoms with E-state index < -0.39 is 29.6 Å². The molecule has 7 aromatic rings. The third-order valence-corrected chi connectivity index (χ3v) is 10.5. The largest absolute Gasteiger partial charge is 0.454 e. The summed E-state index contributed by atoms with van der Waals surface area (Å²) in [6, 6.07) is 52.3. The summed E-state index contributed by atoms with van der Waals surface area (Å²) in [7, 11) is 0. The van der Waals surface area contributed by atoms with E-state index in [-0.39, 0.29) is 31.2 Å². The summed E-state index contributed by atoms with van der Waals surface area (Å²) in [5.41, 5.74) is 4.57. The summed E-state index contributed by atoms with van der Waals surface area (Å²) in [4.78, 5) is 28.4. The number of aliphatic hydroxyl groups excluding tert-OH is 1. The van der Waals surface area contributed by atoms with E-state index in [2.05, 4.69) is 5.32 Å². The second-order valence-electron chi connectivity index (χ2n) is 14.9. The molecule has 0 radical (unpaired) electrons. The Morgan fingerprint density at radius 2 is 1.20 bits per heavy atom. The van der Waals surface area contributed by atoms with Gasteiger partial charge >= 0.3 is 5.97 Å². The van der Waals surface area contributed by atoms with Crippen LogP contribution in [0.2, 0.25) is 0 Å². The normalized spacial score (nSPS) is 12.5. The van der Waals surface area contributed by atoms with Crippen LogP contribution in [-0.4, -0.2) is 32.8 Å². The SMILES string of the molecule is CC(C)c1c(C(=O)Nc2ccccc2)c(-c2ccccc2)c(-c2ccc(F)cc2)n1CC[C@@H](O)CC(=O)OC(c1ccccc1)C(O)(c1ccccc1)c1ccccc1. The minimum Gasteiger partial charge on any atom is -0.454 e. The molecule has 2 atom stereocenters. The Balaban J connectivity index is 1.24. The molecule has 0 fully saturated rings. The van der Waals surface area contributed by atoms with E-state index in [9.17, 15) is 24.2 Å². The van der Waals surface area contributed by atoms with Crippen LogP contribution in [0.4, 0.5) is 10.1 Å². The Morgan fingerprint density at radius 3 is 1.75 bits per heavy atom. The Labute approximate surface area is 344 Å². The summed E-state index contributed by atoms with van der Waals surface area (Å²) in [6.07, 6.45) is -2.57. The van der Waals surface area contributed by atoms with Crippen molar-refractivity contribution in [2.75, 3.05) is 5.32 Å². The van der Waals surface area contributed by atoms with Crippen molar-refractivity contribution in [2.45, 2.75) is 57.0 Å². The van der Waals surface area contributed by atoms with Gasteiger partial charge in [0.2, 0.25) is 0 Å². The molecule has 0 bridgehead atoms. The smallest absolute Gasteiger partial charge is 0.309 e. The third kappa shape index (κ3) is 8.94. The van der Waals surface area contributed by atoms with E-state index in [4.69, 9.17) is 4.74 Å². The number of para-hydroxylation sites is 1. The number of nitrogens with one attached hydrogen (secondary N) is 1. The van der Waals surface area contributed by atoms with Crippen molar-refractivity contribution in [3.8, 4) is 22.4 Å². The Bertz CT molecular complexity index is 2420. The molecule has 7 rings (SSSR count). The lowest BCUT2D eigenvalue weighted by Crippen LogP contribution is -2.38. The molecule has 6 aromatic carbocycles. The number of ether oxygens (including phenoxy) is 1. The number of hydrogen-bond donors (Lipinski definition) is 3. The molecule has 59 heavy (non-hydrogen) atoms. The van der Waals surface area contributed by atoms with Gasteiger partial charge in [-0.1, -0.05) is 153 Å². The summed E-state index contributed by atoms with van der Waals surface area (Å²) in [6.45, 7) is 4.23. The first kappa shape index (κ1) is 40.6. The zero-order chi connectivity index (χ0) is 41.4. The van der Waals surface area contributed by atoms with Crippen LogP contribution >= 0.6 is 0 Å². The van der Waals surface area contributed by atoms with Gasteiger partial charge in [-0.2, -0.15) is 0 Å². The van der Waals surface area contributed by atoms with Crippen LogP contribution in [-0.2, 0) is 21.7 Å². The van der Waals surface area contributed by atoms with Crippen molar-refractivity contribution < 1.29 is 28.9 Å². The minimum atomic E-state index is -1.77. The van der Waals surface area contributed by atoms with Gasteiger partial charge in [-0.15, -0.1) is 0 Å². The number of halogens is 1. The van der Waals surface area contributed by atoms with E-state index in [1.807, 2.05) is 134 Å². The highest BCUT2D eigenvalue weighted by molar-refractivity contribution is 6.12. The van der Waals surface area contributed by atoms with Crippen molar-refractivity contribution in [1.82, 2.24) is 4.57 Å². The van der Waals surface area contributed by atoms with Crippen LogP contribution in [0.25, 0.3) is 22.4 Å². The number of amides is 1. The van der Waals surface area contributed by atoms with Crippen molar-refractivity contribution in [1.29, 1.82) is 0 Å². The molecule has 1 amide bonds. The van der Waals surface area contributed by atoms with Gasteiger partial charge in [0, 0.05) is 23.5 Å². The van der Waals surface area contributed by atoms with Gasteiger partial charge in [0.15, 0.2) is 11.7 Å². The van der Waals surface area contributed by atoms with E-state index in [0.717, 1.165) is 11.3 Å². The first-order valence-corrected chi connectivity index (χ1v) is 19.8. The van der Waals surface area contributed by atoms with Gasteiger partial charge in [-0.25, -0.2) is 4.39 Å². The van der Waals surface area contributed by atoms with Crippen molar-refractivity contribution in [2.24, 2.45) is 0 Å². The molecule has 298 valence electrons. The van der Waals surface area contributed by atoms with Gasteiger partial charge < -0.3 is 24.8 Å². The van der Waals surface area contributed by atoms with Gasteiger partial charge in [0.05, 0.1) is 23.8 Å². The summed E-state index contributed by atoms with van der Waals surface area (Å²) >= 11 is 0. The zero-order valence-electron chi connectivity index (χ0n) is 33.0.